The molecule has 0 amide bonds. The van der Waals surface area contributed by atoms with Crippen LogP contribution in [0, 0.1) is 5.92 Å². The average Bonchev–Trinajstić information content (AvgIpc) is 3.25. The molecular weight excluding hydrogens is 464 g/mol. The Morgan fingerprint density at radius 2 is 2.03 bits per heavy atom. The van der Waals surface area contributed by atoms with Gasteiger partial charge in [-0.1, -0.05) is 24.2 Å². The summed E-state index contributed by atoms with van der Waals surface area (Å²) in [5.74, 6) is 0.812. The van der Waals surface area contributed by atoms with Crippen molar-refractivity contribution in [2.75, 3.05) is 30.3 Å². The fraction of sp³-hybridized carbons (Fsp3) is 0.304. The number of thioether (sulfide) groups is 1. The Bertz CT molecular complexity index is 1270. The number of nitrogens with zero attached hydrogens (tertiary/aromatic N) is 2. The summed E-state index contributed by atoms with van der Waals surface area (Å²) in [6.45, 7) is 4.27. The van der Waals surface area contributed by atoms with Gasteiger partial charge in [-0.05, 0) is 43.2 Å². The first kappa shape index (κ1) is 23.2. The molecule has 10 heteroatoms. The number of esters is 1. The smallest absolute Gasteiger partial charge is 0.360 e. The third-order valence-corrected chi connectivity index (χ3v) is 8.34. The Morgan fingerprint density at radius 3 is 2.79 bits per heavy atom. The van der Waals surface area contributed by atoms with Crippen molar-refractivity contribution in [1.82, 2.24) is 5.16 Å². The van der Waals surface area contributed by atoms with E-state index in [-0.39, 0.29) is 34.6 Å². The number of methoxy groups -OCH3 is 1. The number of carbonyl (C=O) groups is 1. The van der Waals surface area contributed by atoms with Gasteiger partial charge in [0.15, 0.2) is 11.5 Å². The van der Waals surface area contributed by atoms with Gasteiger partial charge in [0.2, 0.25) is 0 Å². The number of ether oxygens (including phenoxy) is 2. The molecule has 3 aromatic rings. The van der Waals surface area contributed by atoms with Crippen LogP contribution in [0.3, 0.4) is 0 Å². The fourth-order valence-corrected chi connectivity index (χ4v) is 6.46. The zero-order chi connectivity index (χ0) is 23.6. The zero-order valence-corrected chi connectivity index (χ0v) is 20.1. The van der Waals surface area contributed by atoms with Gasteiger partial charge >= 0.3 is 5.97 Å². The number of para-hydroxylation sites is 1. The minimum Gasteiger partial charge on any atom is -0.495 e. The molecule has 0 saturated heterocycles. The summed E-state index contributed by atoms with van der Waals surface area (Å²) in [5, 5.41) is 3.74. The number of aromatic nitrogens is 1. The minimum atomic E-state index is -3.98. The van der Waals surface area contributed by atoms with E-state index in [4.69, 9.17) is 14.0 Å². The van der Waals surface area contributed by atoms with Crippen molar-refractivity contribution in [3.05, 3.63) is 54.2 Å². The van der Waals surface area contributed by atoms with Gasteiger partial charge in [0.05, 0.1) is 19.4 Å². The predicted octanol–water partition coefficient (Wildman–Crippen LogP) is 4.46. The monoisotopic (exact) mass is 488 g/mol. The maximum Gasteiger partial charge on any atom is 0.360 e. The van der Waals surface area contributed by atoms with Gasteiger partial charge in [-0.3, -0.25) is 4.31 Å². The number of sulfonamides is 1. The molecule has 2 aromatic carbocycles. The molecule has 0 fully saturated rings. The summed E-state index contributed by atoms with van der Waals surface area (Å²) in [6.07, 6.45) is 0. The van der Waals surface area contributed by atoms with Crippen LogP contribution in [-0.2, 0) is 14.8 Å². The van der Waals surface area contributed by atoms with Crippen molar-refractivity contribution in [2.45, 2.75) is 23.6 Å². The van der Waals surface area contributed by atoms with E-state index in [1.807, 2.05) is 31.2 Å². The highest BCUT2D eigenvalue weighted by atomic mass is 32.2. The number of carbonyl (C=O) groups excluding carboxylic acids is 1. The Balaban J connectivity index is 1.79. The molecule has 1 aliphatic rings. The van der Waals surface area contributed by atoms with E-state index >= 15 is 0 Å². The van der Waals surface area contributed by atoms with Gasteiger partial charge in [-0.25, -0.2) is 13.2 Å². The molecule has 1 aromatic heterocycles. The van der Waals surface area contributed by atoms with Crippen molar-refractivity contribution in [3.8, 4) is 17.1 Å². The van der Waals surface area contributed by atoms with Crippen molar-refractivity contribution < 1.29 is 27.2 Å². The van der Waals surface area contributed by atoms with Gasteiger partial charge in [0.1, 0.15) is 10.6 Å². The lowest BCUT2D eigenvalue weighted by molar-refractivity contribution is 0.0514. The molecule has 2 heterocycles. The quantitative estimate of drug-likeness (QED) is 0.469. The van der Waals surface area contributed by atoms with E-state index in [0.29, 0.717) is 17.8 Å². The molecule has 1 atom stereocenters. The normalized spacial score (nSPS) is 16.1. The van der Waals surface area contributed by atoms with Crippen LogP contribution in [0.15, 0.2) is 62.8 Å². The molecule has 33 heavy (non-hydrogen) atoms. The molecule has 0 bridgehead atoms. The van der Waals surface area contributed by atoms with Crippen LogP contribution in [0.1, 0.15) is 24.3 Å². The number of anilines is 1. The number of fused-ring (bicyclic) bond motifs is 1. The predicted molar refractivity (Wildman–Crippen MR) is 125 cm³/mol. The minimum absolute atomic E-state index is 0.00508. The number of benzene rings is 2. The van der Waals surface area contributed by atoms with Gasteiger partial charge in [0.25, 0.3) is 10.0 Å². The summed E-state index contributed by atoms with van der Waals surface area (Å²) in [7, 11) is -2.56. The molecule has 4 rings (SSSR count). The Labute approximate surface area is 196 Å². The second-order valence-electron chi connectivity index (χ2n) is 7.58. The van der Waals surface area contributed by atoms with Gasteiger partial charge in [0, 0.05) is 28.8 Å². The molecular formula is C23H24N2O6S2. The van der Waals surface area contributed by atoms with Crippen LogP contribution in [0.25, 0.3) is 11.3 Å². The highest BCUT2D eigenvalue weighted by Gasteiger charge is 2.33. The van der Waals surface area contributed by atoms with E-state index in [2.05, 4.69) is 5.16 Å². The molecule has 8 nitrogen and oxygen atoms in total. The molecule has 0 N–H and O–H groups in total. The molecule has 0 unspecified atom stereocenters. The fourth-order valence-electron chi connectivity index (χ4n) is 3.54. The average molecular weight is 489 g/mol. The van der Waals surface area contributed by atoms with Crippen molar-refractivity contribution in [3.63, 3.8) is 0 Å². The largest absolute Gasteiger partial charge is 0.495 e. The highest BCUT2D eigenvalue weighted by molar-refractivity contribution is 7.99. The second-order valence-corrected chi connectivity index (χ2v) is 10.5. The zero-order valence-electron chi connectivity index (χ0n) is 18.5. The van der Waals surface area contributed by atoms with Crippen LogP contribution in [0.4, 0.5) is 5.69 Å². The standard InChI is InChI=1S/C23H24N2O6S2/c1-4-30-23(26)17-12-20(31-24-17)16-9-10-19(29-3)22(11-16)33(27,28)25-13-15(2)14-32-21-8-6-5-7-18(21)25/h5-12,15H,4,13-14H2,1-3H3/t15-/m0/s1. The molecule has 174 valence electrons. The van der Waals surface area contributed by atoms with E-state index in [9.17, 15) is 13.2 Å². The first-order valence-electron chi connectivity index (χ1n) is 10.4. The van der Waals surface area contributed by atoms with Crippen LogP contribution in [0.5, 0.6) is 5.75 Å². The van der Waals surface area contributed by atoms with Crippen LogP contribution in [-0.4, -0.2) is 45.6 Å². The highest BCUT2D eigenvalue weighted by Crippen LogP contribution is 2.40. The third-order valence-electron chi connectivity index (χ3n) is 5.15. The first-order chi connectivity index (χ1) is 15.8. The molecule has 0 aliphatic carbocycles. The van der Waals surface area contributed by atoms with Gasteiger partial charge in [-0.15, -0.1) is 11.8 Å². The van der Waals surface area contributed by atoms with Crippen LogP contribution < -0.4 is 9.04 Å². The van der Waals surface area contributed by atoms with E-state index in [1.54, 1.807) is 30.8 Å². The Kier molecular flexibility index (Phi) is 6.66. The van der Waals surface area contributed by atoms with E-state index in [0.717, 1.165) is 10.6 Å². The van der Waals surface area contributed by atoms with Crippen molar-refractivity contribution >= 4 is 33.4 Å². The van der Waals surface area contributed by atoms with Crippen LogP contribution in [0.2, 0.25) is 0 Å². The van der Waals surface area contributed by atoms with E-state index in [1.165, 1.54) is 23.5 Å². The van der Waals surface area contributed by atoms with Crippen LogP contribution >= 0.6 is 11.8 Å². The maximum absolute atomic E-state index is 13.9. The molecule has 0 radical (unpaired) electrons. The Morgan fingerprint density at radius 1 is 1.24 bits per heavy atom. The maximum atomic E-state index is 13.9. The van der Waals surface area contributed by atoms with E-state index < -0.39 is 16.0 Å². The third kappa shape index (κ3) is 4.58. The SMILES string of the molecule is CCOC(=O)c1cc(-c2ccc(OC)c(S(=O)(=O)N3C[C@H](C)CSc4ccccc43)c2)on1. The summed E-state index contributed by atoms with van der Waals surface area (Å²) in [4.78, 5) is 12.9. The topological polar surface area (TPSA) is 98.9 Å². The molecule has 0 spiro atoms. The summed E-state index contributed by atoms with van der Waals surface area (Å²) in [5.41, 5.74) is 1.10. The summed E-state index contributed by atoms with van der Waals surface area (Å²) < 4.78 is 44.9. The lowest BCUT2D eigenvalue weighted by atomic mass is 10.1. The van der Waals surface area contributed by atoms with Gasteiger partial charge in [-0.2, -0.15) is 0 Å². The van der Waals surface area contributed by atoms with Gasteiger partial charge < -0.3 is 14.0 Å². The number of hydrogen-bond donors (Lipinski definition) is 0. The molecule has 1 aliphatic heterocycles. The lowest BCUT2D eigenvalue weighted by Crippen LogP contribution is -2.35. The van der Waals surface area contributed by atoms with Crippen molar-refractivity contribution in [2.24, 2.45) is 5.92 Å². The lowest BCUT2D eigenvalue weighted by Gasteiger charge is -2.26. The first-order valence-corrected chi connectivity index (χ1v) is 12.8. The Hall–Kier alpha value is -2.98. The summed E-state index contributed by atoms with van der Waals surface area (Å²) in [6, 6.07) is 13.6. The number of hydrogen-bond acceptors (Lipinski definition) is 8. The van der Waals surface area contributed by atoms with Crippen molar-refractivity contribution in [1.29, 1.82) is 0 Å². The number of rotatable bonds is 6. The molecule has 0 saturated carbocycles. The summed E-state index contributed by atoms with van der Waals surface area (Å²) >= 11 is 1.65. The second kappa shape index (κ2) is 9.48.